The minimum Gasteiger partial charge on any atom is -0.272 e. The molecule has 0 saturated carbocycles. The average molecular weight is 111 g/mol. The van der Waals surface area contributed by atoms with Gasteiger partial charge < -0.3 is 0 Å². The summed E-state index contributed by atoms with van der Waals surface area (Å²) in [5.74, 6) is 0.412. The Bertz CT molecular complexity index is 238. The van der Waals surface area contributed by atoms with Gasteiger partial charge in [-0.25, -0.2) is 4.79 Å². The third-order valence-electron chi connectivity index (χ3n) is 0.881. The first-order chi connectivity index (χ1) is 3.88. The van der Waals surface area contributed by atoms with Crippen molar-refractivity contribution < 1.29 is 4.79 Å². The van der Waals surface area contributed by atoms with Crippen molar-refractivity contribution in [2.24, 2.45) is 0 Å². The first-order valence-electron chi connectivity index (χ1n) is 1.97. The molecule has 0 bridgehead atoms. The van der Waals surface area contributed by atoms with Gasteiger partial charge in [-0.15, -0.1) is 4.68 Å². The normalized spacial score (nSPS) is 14.2. The summed E-state index contributed by atoms with van der Waals surface area (Å²) in [6.45, 7) is 0. The molecule has 8 heavy (non-hydrogen) atoms. The molecule has 6 nitrogen and oxygen atoms in total. The monoisotopic (exact) mass is 111 g/mol. The van der Waals surface area contributed by atoms with Gasteiger partial charge in [0.2, 0.25) is 0 Å². The minimum absolute atomic E-state index is 0.273. The molecule has 0 atom stereocenters. The van der Waals surface area contributed by atoms with E-state index in [1.807, 2.05) is 0 Å². The highest BCUT2D eigenvalue weighted by Gasteiger charge is 2.24. The summed E-state index contributed by atoms with van der Waals surface area (Å²) in [5, 5.41) is 12.3. The molecule has 0 unspecified atom stereocenters. The van der Waals surface area contributed by atoms with Crippen LogP contribution in [0.5, 0.6) is 0 Å². The molecule has 1 aliphatic rings. The van der Waals surface area contributed by atoms with Crippen LogP contribution in [0.2, 0.25) is 0 Å². The number of carbonyl (C=O) groups excluding carboxylic acids is 1. The van der Waals surface area contributed by atoms with Gasteiger partial charge in [-0.3, -0.25) is 5.32 Å². The molecule has 1 aromatic rings. The Morgan fingerprint density at radius 3 is 3.00 bits per heavy atom. The lowest BCUT2D eigenvalue weighted by molar-refractivity contribution is 0.246. The summed E-state index contributed by atoms with van der Waals surface area (Å²) in [7, 11) is 0. The topological polar surface area (TPSA) is 72.7 Å². The number of hydrogen-bond donors (Lipinski definition) is 1. The fraction of sp³-hybridized carbons (Fsp3) is 0. The lowest BCUT2D eigenvalue weighted by Gasteiger charge is -2.09. The first kappa shape index (κ1) is 3.53. The van der Waals surface area contributed by atoms with E-state index in [0.29, 0.717) is 5.95 Å². The van der Waals surface area contributed by atoms with Gasteiger partial charge in [-0.2, -0.15) is 0 Å². The Morgan fingerprint density at radius 2 is 2.50 bits per heavy atom. The molecule has 2 rings (SSSR count). The number of aromatic nitrogens is 4. The van der Waals surface area contributed by atoms with E-state index < -0.39 is 0 Å². The zero-order valence-electron chi connectivity index (χ0n) is 3.70. The summed E-state index contributed by atoms with van der Waals surface area (Å²) in [4.78, 5) is 10.3. The molecular weight excluding hydrogens is 110 g/mol. The van der Waals surface area contributed by atoms with E-state index in [1.54, 1.807) is 0 Å². The largest absolute Gasteiger partial charge is 0.353 e. The zero-order valence-corrected chi connectivity index (χ0v) is 3.70. The van der Waals surface area contributed by atoms with Gasteiger partial charge in [-0.1, -0.05) is 5.10 Å². The standard InChI is InChI=1S/C2HN5O/c8-2-3-1-4-5-6-7(1)2/h(H,3,4,6,8). The van der Waals surface area contributed by atoms with Gasteiger partial charge in [-0.05, 0) is 10.4 Å². The molecule has 0 spiro atoms. The van der Waals surface area contributed by atoms with Crippen molar-refractivity contribution in [3.8, 4) is 0 Å². The second kappa shape index (κ2) is 0.857. The number of tetrazole rings is 1. The van der Waals surface area contributed by atoms with Crippen LogP contribution in [0, 0.1) is 0 Å². The Balaban J connectivity index is 2.68. The highest BCUT2D eigenvalue weighted by molar-refractivity contribution is 5.98. The van der Waals surface area contributed by atoms with Crippen molar-refractivity contribution in [3.05, 3.63) is 0 Å². The van der Waals surface area contributed by atoms with Gasteiger partial charge in [0.25, 0.3) is 5.95 Å². The SMILES string of the molecule is O=C1Nc2nnnn21. The van der Waals surface area contributed by atoms with Crippen LogP contribution in [0.15, 0.2) is 0 Å². The van der Waals surface area contributed by atoms with E-state index in [0.717, 1.165) is 4.68 Å². The Morgan fingerprint density at radius 1 is 1.62 bits per heavy atom. The Labute approximate surface area is 43.5 Å². The molecule has 2 heterocycles. The van der Waals surface area contributed by atoms with Gasteiger partial charge in [0.15, 0.2) is 0 Å². The van der Waals surface area contributed by atoms with E-state index in [9.17, 15) is 4.79 Å². The molecule has 0 saturated heterocycles. The van der Waals surface area contributed by atoms with Crippen molar-refractivity contribution >= 4 is 12.0 Å². The molecule has 40 valence electrons. The lowest BCUT2D eigenvalue weighted by atomic mass is 10.7. The first-order valence-corrected chi connectivity index (χ1v) is 1.97. The fourth-order valence-corrected chi connectivity index (χ4v) is 0.497. The number of nitrogens with zero attached hydrogens (tertiary/aromatic N) is 4. The van der Waals surface area contributed by atoms with Crippen molar-refractivity contribution in [1.82, 2.24) is 20.2 Å². The van der Waals surface area contributed by atoms with Crippen LogP contribution in [-0.2, 0) is 0 Å². The summed E-state index contributed by atoms with van der Waals surface area (Å²) < 4.78 is 1.08. The van der Waals surface area contributed by atoms with Crippen molar-refractivity contribution in [1.29, 1.82) is 0 Å². The van der Waals surface area contributed by atoms with Crippen LogP contribution in [0.3, 0.4) is 0 Å². The van der Waals surface area contributed by atoms with Crippen LogP contribution in [0.4, 0.5) is 10.7 Å². The predicted octanol–water partition coefficient (Wildman–Crippen LogP) is -0.933. The van der Waals surface area contributed by atoms with Crippen molar-refractivity contribution in [2.45, 2.75) is 0 Å². The van der Waals surface area contributed by atoms with E-state index in [-0.39, 0.29) is 6.03 Å². The van der Waals surface area contributed by atoms with Gasteiger partial charge in [0, 0.05) is 0 Å². The maximum absolute atomic E-state index is 10.3. The quantitative estimate of drug-likeness (QED) is 0.439. The summed E-state index contributed by atoms with van der Waals surface area (Å²) in [5.41, 5.74) is 0. The molecule has 0 aromatic carbocycles. The van der Waals surface area contributed by atoms with Gasteiger partial charge in [0.05, 0.1) is 0 Å². The van der Waals surface area contributed by atoms with Crippen molar-refractivity contribution in [2.75, 3.05) is 5.32 Å². The molecule has 1 N–H and O–H groups in total. The fourth-order valence-electron chi connectivity index (χ4n) is 0.497. The average Bonchev–Trinajstić information content (AvgIpc) is 2.09. The zero-order chi connectivity index (χ0) is 5.56. The summed E-state index contributed by atoms with van der Waals surface area (Å²) in [6, 6.07) is -0.273. The summed E-state index contributed by atoms with van der Waals surface area (Å²) >= 11 is 0. The number of anilines is 1. The summed E-state index contributed by atoms with van der Waals surface area (Å²) in [6.07, 6.45) is 0. The number of nitrogens with one attached hydrogen (secondary N) is 1. The van der Waals surface area contributed by atoms with Crippen molar-refractivity contribution in [3.63, 3.8) is 0 Å². The van der Waals surface area contributed by atoms with Gasteiger partial charge >= 0.3 is 6.03 Å². The highest BCUT2D eigenvalue weighted by Crippen LogP contribution is 2.07. The third kappa shape index (κ3) is 0.208. The molecule has 6 heteroatoms. The lowest BCUT2D eigenvalue weighted by Crippen LogP contribution is -2.33. The van der Waals surface area contributed by atoms with Crippen LogP contribution in [0.1, 0.15) is 0 Å². The van der Waals surface area contributed by atoms with Crippen LogP contribution >= 0.6 is 0 Å². The number of carbonyl (C=O) groups is 1. The van der Waals surface area contributed by atoms with Crippen LogP contribution in [0.25, 0.3) is 0 Å². The maximum atomic E-state index is 10.3. The van der Waals surface area contributed by atoms with E-state index in [2.05, 4.69) is 20.8 Å². The Hall–Kier alpha value is -1.46. The third-order valence-corrected chi connectivity index (χ3v) is 0.881. The number of rotatable bonds is 0. The maximum Gasteiger partial charge on any atom is 0.353 e. The molecular formula is C2HN5O. The van der Waals surface area contributed by atoms with E-state index >= 15 is 0 Å². The molecule has 1 aliphatic heterocycles. The molecule has 0 fully saturated rings. The number of fused-ring (bicyclic) bond motifs is 1. The highest BCUT2D eigenvalue weighted by atomic mass is 16.2. The second-order valence-electron chi connectivity index (χ2n) is 1.34. The molecule has 1 aromatic heterocycles. The van der Waals surface area contributed by atoms with E-state index in [4.69, 9.17) is 0 Å². The van der Waals surface area contributed by atoms with E-state index in [1.165, 1.54) is 0 Å². The predicted molar refractivity (Wildman–Crippen MR) is 22.2 cm³/mol. The molecule has 0 radical (unpaired) electrons. The minimum atomic E-state index is -0.273. The molecule has 0 aliphatic carbocycles. The smallest absolute Gasteiger partial charge is 0.272 e. The van der Waals surface area contributed by atoms with Crippen LogP contribution < -0.4 is 5.32 Å². The van der Waals surface area contributed by atoms with Gasteiger partial charge in [0.1, 0.15) is 0 Å². The van der Waals surface area contributed by atoms with Crippen LogP contribution in [-0.4, -0.2) is 26.2 Å². The molecule has 1 amide bonds. The number of hydrogen-bond acceptors (Lipinski definition) is 4. The Kier molecular flexibility index (Phi) is 0.378. The second-order valence-corrected chi connectivity index (χ2v) is 1.34. The number of amides is 1.